The van der Waals surface area contributed by atoms with E-state index in [0.29, 0.717) is 0 Å². The highest BCUT2D eigenvalue weighted by molar-refractivity contribution is 5.58. The highest BCUT2D eigenvalue weighted by Gasteiger charge is 2.14. The van der Waals surface area contributed by atoms with Crippen molar-refractivity contribution in [3.05, 3.63) is 29.3 Å². The number of benzene rings is 1. The Morgan fingerprint density at radius 3 is 2.62 bits per heavy atom. The molecule has 0 atom stereocenters. The molecular formula is C12H19N. The molecule has 72 valence electrons. The Morgan fingerprint density at radius 2 is 1.92 bits per heavy atom. The SMILES string of the molecule is CC.Cc1ccc2c(c1)CCN2C. The summed E-state index contributed by atoms with van der Waals surface area (Å²) in [4.78, 5) is 2.31. The number of aryl methyl sites for hydroxylation is 1. The molecule has 0 N–H and O–H groups in total. The number of fused-ring (bicyclic) bond motifs is 1. The van der Waals surface area contributed by atoms with Gasteiger partial charge in [-0.2, -0.15) is 0 Å². The van der Waals surface area contributed by atoms with Gasteiger partial charge in [-0.15, -0.1) is 0 Å². The molecule has 0 aromatic heterocycles. The molecule has 0 spiro atoms. The fourth-order valence-corrected chi connectivity index (χ4v) is 1.70. The third kappa shape index (κ3) is 2.03. The quantitative estimate of drug-likeness (QED) is 0.589. The molecule has 1 aliphatic heterocycles. The first-order valence-corrected chi connectivity index (χ1v) is 5.08. The molecule has 1 aromatic rings. The lowest BCUT2D eigenvalue weighted by atomic mass is 10.1. The van der Waals surface area contributed by atoms with Crippen LogP contribution in [0.1, 0.15) is 25.0 Å². The van der Waals surface area contributed by atoms with Crippen molar-refractivity contribution in [2.24, 2.45) is 0 Å². The Kier molecular flexibility index (Phi) is 3.35. The maximum absolute atomic E-state index is 2.31. The molecule has 1 nitrogen and oxygen atoms in total. The maximum Gasteiger partial charge on any atom is 0.0397 e. The summed E-state index contributed by atoms with van der Waals surface area (Å²) in [6.45, 7) is 7.33. The summed E-state index contributed by atoms with van der Waals surface area (Å²) < 4.78 is 0. The van der Waals surface area contributed by atoms with Crippen LogP contribution >= 0.6 is 0 Å². The Hall–Kier alpha value is -0.980. The van der Waals surface area contributed by atoms with Gasteiger partial charge in [-0.05, 0) is 25.0 Å². The van der Waals surface area contributed by atoms with Crippen molar-refractivity contribution in [1.29, 1.82) is 0 Å². The lowest BCUT2D eigenvalue weighted by Crippen LogP contribution is -2.12. The first kappa shape index (κ1) is 10.1. The Morgan fingerprint density at radius 1 is 1.23 bits per heavy atom. The number of anilines is 1. The molecule has 1 heteroatoms. The van der Waals surface area contributed by atoms with Gasteiger partial charge in [-0.3, -0.25) is 0 Å². The van der Waals surface area contributed by atoms with Crippen molar-refractivity contribution in [2.75, 3.05) is 18.5 Å². The third-order valence-electron chi connectivity index (χ3n) is 2.36. The van der Waals surface area contributed by atoms with Crippen LogP contribution in [0.2, 0.25) is 0 Å². The van der Waals surface area contributed by atoms with E-state index in [9.17, 15) is 0 Å². The summed E-state index contributed by atoms with van der Waals surface area (Å²) in [5, 5.41) is 0. The van der Waals surface area contributed by atoms with E-state index >= 15 is 0 Å². The average Bonchev–Trinajstić information content (AvgIpc) is 2.51. The summed E-state index contributed by atoms with van der Waals surface area (Å²) in [6, 6.07) is 6.69. The summed E-state index contributed by atoms with van der Waals surface area (Å²) >= 11 is 0. The first-order chi connectivity index (χ1) is 6.27. The van der Waals surface area contributed by atoms with Gasteiger partial charge in [0.15, 0.2) is 0 Å². The molecule has 0 bridgehead atoms. The lowest BCUT2D eigenvalue weighted by molar-refractivity contribution is 0.956. The summed E-state index contributed by atoms with van der Waals surface area (Å²) in [5.74, 6) is 0. The zero-order chi connectivity index (χ0) is 9.84. The number of hydrogen-bond acceptors (Lipinski definition) is 1. The summed E-state index contributed by atoms with van der Waals surface area (Å²) in [7, 11) is 2.15. The van der Waals surface area contributed by atoms with Crippen LogP contribution in [0.15, 0.2) is 18.2 Å². The monoisotopic (exact) mass is 177 g/mol. The molecule has 0 saturated heterocycles. The zero-order valence-electron chi connectivity index (χ0n) is 9.09. The van der Waals surface area contributed by atoms with Crippen molar-refractivity contribution in [1.82, 2.24) is 0 Å². The minimum atomic E-state index is 1.18. The number of hydrogen-bond donors (Lipinski definition) is 0. The molecule has 2 rings (SSSR count). The van der Waals surface area contributed by atoms with Crippen molar-refractivity contribution in [3.8, 4) is 0 Å². The Bertz CT molecular complexity index is 278. The molecule has 1 aromatic carbocycles. The minimum absolute atomic E-state index is 1.18. The second-order valence-corrected chi connectivity index (χ2v) is 3.30. The predicted octanol–water partition coefficient (Wildman–Crippen LogP) is 3.01. The van der Waals surface area contributed by atoms with Gasteiger partial charge in [0.05, 0.1) is 0 Å². The van der Waals surface area contributed by atoms with Gasteiger partial charge in [0, 0.05) is 19.3 Å². The molecule has 0 aliphatic carbocycles. The van der Waals surface area contributed by atoms with Gasteiger partial charge >= 0.3 is 0 Å². The molecule has 0 amide bonds. The van der Waals surface area contributed by atoms with Crippen molar-refractivity contribution in [2.45, 2.75) is 27.2 Å². The summed E-state index contributed by atoms with van der Waals surface area (Å²) in [5.41, 5.74) is 4.29. The largest absolute Gasteiger partial charge is 0.374 e. The normalized spacial score (nSPS) is 13.4. The molecule has 0 unspecified atom stereocenters. The average molecular weight is 177 g/mol. The van der Waals surface area contributed by atoms with E-state index in [1.807, 2.05) is 13.8 Å². The van der Waals surface area contributed by atoms with Crippen LogP contribution in [0.3, 0.4) is 0 Å². The van der Waals surface area contributed by atoms with Crippen molar-refractivity contribution >= 4 is 5.69 Å². The minimum Gasteiger partial charge on any atom is -0.374 e. The first-order valence-electron chi connectivity index (χ1n) is 5.08. The van der Waals surface area contributed by atoms with Gasteiger partial charge in [0.2, 0.25) is 0 Å². The fourth-order valence-electron chi connectivity index (χ4n) is 1.70. The van der Waals surface area contributed by atoms with Gasteiger partial charge < -0.3 is 4.90 Å². The van der Waals surface area contributed by atoms with Gasteiger partial charge in [-0.1, -0.05) is 31.5 Å². The van der Waals surface area contributed by atoms with Crippen LogP contribution in [-0.4, -0.2) is 13.6 Å². The third-order valence-corrected chi connectivity index (χ3v) is 2.36. The maximum atomic E-state index is 2.31. The van der Waals surface area contributed by atoms with Gasteiger partial charge in [0.1, 0.15) is 0 Å². The van der Waals surface area contributed by atoms with Crippen LogP contribution in [0.25, 0.3) is 0 Å². The second kappa shape index (κ2) is 4.31. The van der Waals surface area contributed by atoms with E-state index in [1.165, 1.54) is 29.8 Å². The van der Waals surface area contributed by atoms with Crippen LogP contribution in [0.4, 0.5) is 5.69 Å². The molecule has 1 aliphatic rings. The smallest absolute Gasteiger partial charge is 0.0397 e. The van der Waals surface area contributed by atoms with E-state index in [4.69, 9.17) is 0 Å². The van der Waals surface area contributed by atoms with Crippen LogP contribution in [0.5, 0.6) is 0 Å². The number of nitrogens with zero attached hydrogens (tertiary/aromatic N) is 1. The Labute approximate surface area is 81.4 Å². The van der Waals surface area contributed by atoms with Crippen molar-refractivity contribution in [3.63, 3.8) is 0 Å². The molecule has 0 saturated carbocycles. The van der Waals surface area contributed by atoms with E-state index in [-0.39, 0.29) is 0 Å². The second-order valence-electron chi connectivity index (χ2n) is 3.30. The van der Waals surface area contributed by atoms with Gasteiger partial charge in [0.25, 0.3) is 0 Å². The Balaban J connectivity index is 0.000000396. The van der Waals surface area contributed by atoms with E-state index in [1.54, 1.807) is 0 Å². The molecule has 13 heavy (non-hydrogen) atoms. The molecule has 0 radical (unpaired) electrons. The number of likely N-dealkylation sites (N-methyl/N-ethyl adjacent to an activating group) is 1. The van der Waals surface area contributed by atoms with Crippen molar-refractivity contribution < 1.29 is 0 Å². The lowest BCUT2D eigenvalue weighted by Gasteiger charge is -2.11. The highest BCUT2D eigenvalue weighted by atomic mass is 15.1. The van der Waals surface area contributed by atoms with Crippen LogP contribution < -0.4 is 4.90 Å². The topological polar surface area (TPSA) is 3.24 Å². The predicted molar refractivity (Wildman–Crippen MR) is 59.5 cm³/mol. The van der Waals surface area contributed by atoms with Crippen LogP contribution in [-0.2, 0) is 6.42 Å². The molecule has 0 fully saturated rings. The highest BCUT2D eigenvalue weighted by Crippen LogP contribution is 2.26. The van der Waals surface area contributed by atoms with Gasteiger partial charge in [-0.25, -0.2) is 0 Å². The molecule has 1 heterocycles. The van der Waals surface area contributed by atoms with E-state index in [0.717, 1.165) is 0 Å². The van der Waals surface area contributed by atoms with Crippen LogP contribution in [0, 0.1) is 6.92 Å². The fraction of sp³-hybridized carbons (Fsp3) is 0.500. The van der Waals surface area contributed by atoms with E-state index < -0.39 is 0 Å². The van der Waals surface area contributed by atoms with E-state index in [2.05, 4.69) is 37.1 Å². The molecular weight excluding hydrogens is 158 g/mol. The number of rotatable bonds is 0. The zero-order valence-corrected chi connectivity index (χ0v) is 9.09. The standard InChI is InChI=1S/C10H13N.C2H6/c1-8-3-4-10-9(7-8)5-6-11(10)2;1-2/h3-4,7H,5-6H2,1-2H3;1-2H3. The summed E-state index contributed by atoms with van der Waals surface area (Å²) in [6.07, 6.45) is 1.22.